The molecule has 0 saturated carbocycles. The van der Waals surface area contributed by atoms with Crippen molar-refractivity contribution in [3.05, 3.63) is 97.2 Å². The number of ether oxygens (including phenoxy) is 1. The highest BCUT2D eigenvalue weighted by Crippen LogP contribution is 2.43. The molecule has 0 aromatic carbocycles. The van der Waals surface area contributed by atoms with E-state index < -0.39 is 20.0 Å². The van der Waals surface area contributed by atoms with Gasteiger partial charge in [0.2, 0.25) is 5.91 Å². The number of hydrogen-bond donors (Lipinski definition) is 2. The van der Waals surface area contributed by atoms with Crippen LogP contribution in [0.5, 0.6) is 0 Å². The number of nitrogens with one attached hydrogen (secondary N) is 1. The van der Waals surface area contributed by atoms with E-state index in [9.17, 15) is 19.0 Å². The first-order valence-corrected chi connectivity index (χ1v) is 34.1. The van der Waals surface area contributed by atoms with Crippen molar-refractivity contribution in [3.63, 3.8) is 0 Å². The van der Waals surface area contributed by atoms with Crippen LogP contribution >= 0.6 is 7.82 Å². The van der Waals surface area contributed by atoms with Gasteiger partial charge in [-0.25, -0.2) is 4.57 Å². The van der Waals surface area contributed by atoms with E-state index in [1.165, 1.54) is 122 Å². The minimum absolute atomic E-state index is 0.0337. The Hall–Kier alpha value is -3.07. The molecule has 0 aromatic heterocycles. The zero-order chi connectivity index (χ0) is 57.9. The molecular weight excluding hydrogens is 1000 g/mol. The van der Waals surface area contributed by atoms with Gasteiger partial charge in [0.15, 0.2) is 0 Å². The number of esters is 1. The summed E-state index contributed by atoms with van der Waals surface area (Å²) in [7, 11) is 1.48. The average molecular weight is 1120 g/mol. The van der Waals surface area contributed by atoms with Crippen molar-refractivity contribution < 1.29 is 37.3 Å². The zero-order valence-electron chi connectivity index (χ0n) is 52.1. The maximum Gasteiger partial charge on any atom is 0.472 e. The highest BCUT2D eigenvalue weighted by molar-refractivity contribution is 7.47. The molecule has 0 rings (SSSR count). The Morgan fingerprint density at radius 2 is 0.810 bits per heavy atom. The van der Waals surface area contributed by atoms with Crippen LogP contribution in [-0.2, 0) is 27.9 Å². The SMILES string of the molecule is CC/C=C\C/C=C\C/C=C\C/C=C\C/C=C\CCCCCCCCCCCC(=O)OC(/C=C\CCCCCCCCCCC)C(COP(=O)(O)OCC[N+](C)(C)C)NC(=O)CCCCCCCCC/C=C\C/C=C\CCCCC. The Kier molecular flexibility index (Phi) is 55.9. The largest absolute Gasteiger partial charge is 0.472 e. The lowest BCUT2D eigenvalue weighted by atomic mass is 10.0. The second-order valence-electron chi connectivity index (χ2n) is 22.9. The summed E-state index contributed by atoms with van der Waals surface area (Å²) in [4.78, 5) is 37.8. The molecule has 1 amide bonds. The molecule has 0 aliphatic heterocycles. The number of quaternary nitrogens is 1. The molecule has 79 heavy (non-hydrogen) atoms. The van der Waals surface area contributed by atoms with Gasteiger partial charge in [-0.2, -0.15) is 0 Å². The summed E-state index contributed by atoms with van der Waals surface area (Å²) in [6.45, 7) is 6.86. The standard InChI is InChI=1S/C69H123N2O7P/c1-7-10-13-16-19-22-25-27-29-31-32-33-34-35-36-37-38-40-42-44-47-50-53-56-59-62-69(73)78-67(60-57-54-51-48-45-24-21-18-15-12-9-3)66(65-77-79(74,75)76-64-63-71(4,5)6)70-68(72)61-58-55-52-49-46-43-41-39-30-28-26-23-20-17-14-11-8-2/h10,13,19-20,22-23,27-30,32-33,35-36,57,60,66-67H,7-9,11-12,14-18,21,24-26,31,34,37-56,58-59,61-65H2,1-6H3,(H-,70,72,74,75)/p+1/b13-10-,22-19-,23-20-,29-27-,30-28-,33-32-,36-35-,60-57-. The quantitative estimate of drug-likeness (QED) is 0.0205. The number of phosphoric ester groups is 1. The van der Waals surface area contributed by atoms with Crippen LogP contribution in [0.2, 0.25) is 0 Å². The van der Waals surface area contributed by atoms with Crippen molar-refractivity contribution in [1.29, 1.82) is 0 Å². The highest BCUT2D eigenvalue weighted by Gasteiger charge is 2.30. The molecule has 2 N–H and O–H groups in total. The molecule has 0 fully saturated rings. The number of rotatable bonds is 58. The summed E-state index contributed by atoms with van der Waals surface area (Å²) < 4.78 is 30.7. The molecule has 0 heterocycles. The van der Waals surface area contributed by atoms with E-state index in [-0.39, 0.29) is 31.5 Å². The van der Waals surface area contributed by atoms with Crippen molar-refractivity contribution in [1.82, 2.24) is 5.32 Å². The van der Waals surface area contributed by atoms with Crippen LogP contribution in [0.15, 0.2) is 97.2 Å². The minimum atomic E-state index is -4.46. The average Bonchev–Trinajstić information content (AvgIpc) is 3.41. The highest BCUT2D eigenvalue weighted by atomic mass is 31.2. The van der Waals surface area contributed by atoms with E-state index in [4.69, 9.17) is 13.8 Å². The normalized spacial score (nSPS) is 14.3. The Balaban J connectivity index is 5.14. The number of carbonyl (C=O) groups excluding carboxylic acids is 2. The molecular formula is C69H124N2O7P+. The number of amides is 1. The van der Waals surface area contributed by atoms with Crippen LogP contribution in [-0.4, -0.2) is 74.3 Å². The molecule has 456 valence electrons. The summed E-state index contributed by atoms with van der Waals surface area (Å²) in [5, 5.41) is 3.05. The summed E-state index contributed by atoms with van der Waals surface area (Å²) >= 11 is 0. The predicted molar refractivity (Wildman–Crippen MR) is 341 cm³/mol. The number of hydrogen-bond acceptors (Lipinski definition) is 6. The fourth-order valence-corrected chi connectivity index (χ4v) is 9.73. The molecule has 0 saturated heterocycles. The van der Waals surface area contributed by atoms with Gasteiger partial charge in [-0.05, 0) is 109 Å². The molecule has 0 bridgehead atoms. The molecule has 3 atom stereocenters. The molecule has 3 unspecified atom stereocenters. The van der Waals surface area contributed by atoms with Gasteiger partial charge in [-0.15, -0.1) is 0 Å². The third-order valence-electron chi connectivity index (χ3n) is 14.0. The Morgan fingerprint density at radius 3 is 1.24 bits per heavy atom. The number of allylic oxidation sites excluding steroid dienone is 15. The number of unbranched alkanes of at least 4 members (excludes halogenated alkanes) is 28. The number of carbonyl (C=O) groups is 2. The fraction of sp³-hybridized carbons (Fsp3) is 0.739. The van der Waals surface area contributed by atoms with E-state index in [1.807, 2.05) is 33.3 Å². The van der Waals surface area contributed by atoms with Crippen molar-refractivity contribution >= 4 is 19.7 Å². The molecule has 9 nitrogen and oxygen atoms in total. The van der Waals surface area contributed by atoms with Gasteiger partial charge >= 0.3 is 13.8 Å². The van der Waals surface area contributed by atoms with E-state index in [0.717, 1.165) is 122 Å². The van der Waals surface area contributed by atoms with Crippen LogP contribution in [0.3, 0.4) is 0 Å². The smallest absolute Gasteiger partial charge is 0.456 e. The molecule has 0 aliphatic carbocycles. The number of likely N-dealkylation sites (N-methyl/N-ethyl adjacent to an activating group) is 1. The van der Waals surface area contributed by atoms with Gasteiger partial charge in [-0.3, -0.25) is 18.6 Å². The van der Waals surface area contributed by atoms with Crippen molar-refractivity contribution in [2.75, 3.05) is 40.9 Å². The van der Waals surface area contributed by atoms with Crippen molar-refractivity contribution in [3.8, 4) is 0 Å². The predicted octanol–water partition coefficient (Wildman–Crippen LogP) is 20.3. The van der Waals surface area contributed by atoms with E-state index >= 15 is 0 Å². The van der Waals surface area contributed by atoms with Gasteiger partial charge in [0.25, 0.3) is 0 Å². The van der Waals surface area contributed by atoms with Gasteiger partial charge in [0.1, 0.15) is 19.3 Å². The van der Waals surface area contributed by atoms with Crippen LogP contribution in [0.25, 0.3) is 0 Å². The van der Waals surface area contributed by atoms with E-state index in [1.54, 1.807) is 0 Å². The van der Waals surface area contributed by atoms with Gasteiger partial charge in [0.05, 0.1) is 33.8 Å². The van der Waals surface area contributed by atoms with Crippen molar-refractivity contribution in [2.45, 2.75) is 290 Å². The maximum absolute atomic E-state index is 13.5. The third kappa shape index (κ3) is 59.4. The van der Waals surface area contributed by atoms with Crippen molar-refractivity contribution in [2.24, 2.45) is 0 Å². The van der Waals surface area contributed by atoms with Gasteiger partial charge in [-0.1, -0.05) is 253 Å². The summed E-state index contributed by atoms with van der Waals surface area (Å²) in [6.07, 6.45) is 78.3. The summed E-state index contributed by atoms with van der Waals surface area (Å²) in [5.74, 6) is -0.522. The minimum Gasteiger partial charge on any atom is -0.456 e. The van der Waals surface area contributed by atoms with Crippen LogP contribution in [0.1, 0.15) is 278 Å². The Morgan fingerprint density at radius 1 is 0.456 bits per heavy atom. The Bertz CT molecular complexity index is 1670. The van der Waals surface area contributed by atoms with Crippen LogP contribution in [0, 0.1) is 0 Å². The monoisotopic (exact) mass is 1120 g/mol. The maximum atomic E-state index is 13.5. The molecule has 10 heteroatoms. The first-order chi connectivity index (χ1) is 38.4. The third-order valence-corrected chi connectivity index (χ3v) is 15.0. The van der Waals surface area contributed by atoms with E-state index in [2.05, 4.69) is 111 Å². The summed E-state index contributed by atoms with van der Waals surface area (Å²) in [5.41, 5.74) is 0. The second kappa shape index (κ2) is 58.1. The first kappa shape index (κ1) is 75.9. The lowest BCUT2D eigenvalue weighted by Gasteiger charge is -2.27. The lowest BCUT2D eigenvalue weighted by molar-refractivity contribution is -0.870. The number of nitrogens with zero attached hydrogens (tertiary/aromatic N) is 1. The van der Waals surface area contributed by atoms with E-state index in [0.29, 0.717) is 17.4 Å². The van der Waals surface area contributed by atoms with Crippen LogP contribution in [0.4, 0.5) is 0 Å². The lowest BCUT2D eigenvalue weighted by Crippen LogP contribution is -2.47. The summed E-state index contributed by atoms with van der Waals surface area (Å²) in [6, 6.07) is -0.860. The van der Waals surface area contributed by atoms with Gasteiger partial charge in [0, 0.05) is 12.8 Å². The number of phosphoric acid groups is 1. The zero-order valence-corrected chi connectivity index (χ0v) is 53.0. The molecule has 0 radical (unpaired) electrons. The first-order valence-electron chi connectivity index (χ1n) is 32.6. The molecule has 0 spiro atoms. The molecule has 0 aliphatic rings. The topological polar surface area (TPSA) is 111 Å². The fourth-order valence-electron chi connectivity index (χ4n) is 9.00. The van der Waals surface area contributed by atoms with Crippen LogP contribution < -0.4 is 5.32 Å². The van der Waals surface area contributed by atoms with Gasteiger partial charge < -0.3 is 19.4 Å². The second-order valence-corrected chi connectivity index (χ2v) is 24.4. The Labute approximate surface area is 488 Å². The molecule has 0 aromatic rings.